The number of carbonyl (C=O) groups is 3. The molecule has 2 atom stereocenters. The molecule has 0 heterocycles. The molecule has 1 aromatic rings. The maximum Gasteiger partial charge on any atom is 0.356 e. The number of hydrogen-bond donors (Lipinski definition) is 2. The van der Waals surface area contributed by atoms with Crippen LogP contribution in [0.5, 0.6) is 0 Å². The predicted molar refractivity (Wildman–Crippen MR) is 123 cm³/mol. The summed E-state index contributed by atoms with van der Waals surface area (Å²) in [6.07, 6.45) is 6.23. The number of amides is 1. The van der Waals surface area contributed by atoms with Crippen LogP contribution in [0.3, 0.4) is 0 Å². The third-order valence-corrected chi connectivity index (χ3v) is 5.75. The topological polar surface area (TPSA) is 93.7 Å². The second-order valence-electron chi connectivity index (χ2n) is 9.59. The second-order valence-corrected chi connectivity index (χ2v) is 9.59. The minimum Gasteiger partial charge on any atom is -0.461 e. The molecule has 1 aromatic carbocycles. The van der Waals surface area contributed by atoms with Crippen molar-refractivity contribution in [1.29, 1.82) is 0 Å². The standard InChI is InChI=1S/C25H38N2O5/c1-5-6-12-19(17-26-32-23(29)18-13-8-7-9-14-18)22(28)27-21(25(2,3)4)24(30)31-20-15-10-11-16-20/h7-9,13-14,19-21,26H,5-6,10-12,15-17H2,1-4H3,(H,27,28)/t19-,21-/m1/s1. The van der Waals surface area contributed by atoms with Gasteiger partial charge in [0.05, 0.1) is 11.5 Å². The molecule has 7 nitrogen and oxygen atoms in total. The Labute approximate surface area is 191 Å². The third-order valence-electron chi connectivity index (χ3n) is 5.75. The highest BCUT2D eigenvalue weighted by atomic mass is 16.7. The highest BCUT2D eigenvalue weighted by molar-refractivity contribution is 5.89. The maximum absolute atomic E-state index is 13.1. The molecular weight excluding hydrogens is 408 g/mol. The van der Waals surface area contributed by atoms with Crippen LogP contribution in [0.15, 0.2) is 30.3 Å². The van der Waals surface area contributed by atoms with Crippen molar-refractivity contribution in [2.45, 2.75) is 84.8 Å². The molecule has 32 heavy (non-hydrogen) atoms. The van der Waals surface area contributed by atoms with E-state index in [1.54, 1.807) is 24.3 Å². The van der Waals surface area contributed by atoms with Crippen LogP contribution in [0.1, 0.15) is 83.0 Å². The van der Waals surface area contributed by atoms with Crippen LogP contribution < -0.4 is 10.8 Å². The lowest BCUT2D eigenvalue weighted by atomic mass is 9.86. The van der Waals surface area contributed by atoms with E-state index >= 15 is 0 Å². The second kappa shape index (κ2) is 12.6. The summed E-state index contributed by atoms with van der Waals surface area (Å²) >= 11 is 0. The van der Waals surface area contributed by atoms with Crippen molar-refractivity contribution >= 4 is 17.8 Å². The first-order valence-electron chi connectivity index (χ1n) is 11.7. The summed E-state index contributed by atoms with van der Waals surface area (Å²) in [4.78, 5) is 43.2. The molecule has 7 heteroatoms. The fraction of sp³-hybridized carbons (Fsp3) is 0.640. The summed E-state index contributed by atoms with van der Waals surface area (Å²) in [7, 11) is 0. The van der Waals surface area contributed by atoms with Crippen molar-refractivity contribution < 1.29 is 24.0 Å². The Balaban J connectivity index is 1.96. The minimum atomic E-state index is -0.744. The van der Waals surface area contributed by atoms with E-state index in [0.29, 0.717) is 12.0 Å². The number of esters is 1. The van der Waals surface area contributed by atoms with Crippen molar-refractivity contribution in [3.8, 4) is 0 Å². The summed E-state index contributed by atoms with van der Waals surface area (Å²) in [5, 5.41) is 2.92. The van der Waals surface area contributed by atoms with Crippen molar-refractivity contribution in [1.82, 2.24) is 10.8 Å². The zero-order valence-corrected chi connectivity index (χ0v) is 19.8. The lowest BCUT2D eigenvalue weighted by molar-refractivity contribution is -0.156. The van der Waals surface area contributed by atoms with E-state index in [4.69, 9.17) is 9.57 Å². The molecule has 0 aromatic heterocycles. The fourth-order valence-electron chi connectivity index (χ4n) is 3.74. The van der Waals surface area contributed by atoms with E-state index in [2.05, 4.69) is 17.7 Å². The fourth-order valence-corrected chi connectivity index (χ4v) is 3.74. The molecule has 1 fully saturated rings. The number of rotatable bonds is 11. The summed E-state index contributed by atoms with van der Waals surface area (Å²) < 4.78 is 5.68. The van der Waals surface area contributed by atoms with Gasteiger partial charge >= 0.3 is 11.9 Å². The number of hydrogen-bond acceptors (Lipinski definition) is 6. The molecule has 0 radical (unpaired) electrons. The van der Waals surface area contributed by atoms with Crippen molar-refractivity contribution in [2.75, 3.05) is 6.54 Å². The van der Waals surface area contributed by atoms with Crippen molar-refractivity contribution in [3.63, 3.8) is 0 Å². The molecule has 0 unspecified atom stereocenters. The van der Waals surface area contributed by atoms with Gasteiger partial charge < -0.3 is 14.9 Å². The van der Waals surface area contributed by atoms with Gasteiger partial charge in [-0.3, -0.25) is 4.79 Å². The quantitative estimate of drug-likeness (QED) is 0.391. The van der Waals surface area contributed by atoms with Crippen LogP contribution in [-0.4, -0.2) is 36.5 Å². The van der Waals surface area contributed by atoms with Crippen LogP contribution in [-0.2, 0) is 19.2 Å². The van der Waals surface area contributed by atoms with E-state index in [-0.39, 0.29) is 24.5 Å². The number of hydroxylamine groups is 1. The molecule has 2 rings (SSSR count). The van der Waals surface area contributed by atoms with E-state index < -0.39 is 23.3 Å². The Morgan fingerprint density at radius 1 is 1.09 bits per heavy atom. The Kier molecular flexibility index (Phi) is 10.2. The zero-order chi connectivity index (χ0) is 23.6. The van der Waals surface area contributed by atoms with Crippen LogP contribution in [0.4, 0.5) is 0 Å². The first-order chi connectivity index (χ1) is 15.2. The van der Waals surface area contributed by atoms with E-state index in [9.17, 15) is 14.4 Å². The first-order valence-corrected chi connectivity index (χ1v) is 11.7. The number of unbranched alkanes of at least 4 members (excludes halogenated alkanes) is 1. The normalized spacial score (nSPS) is 16.2. The first kappa shape index (κ1) is 25.8. The van der Waals surface area contributed by atoms with Gasteiger partial charge in [-0.05, 0) is 49.7 Å². The largest absolute Gasteiger partial charge is 0.461 e. The molecule has 1 saturated carbocycles. The average Bonchev–Trinajstić information content (AvgIpc) is 3.26. The molecule has 178 valence electrons. The van der Waals surface area contributed by atoms with Crippen LogP contribution in [0.2, 0.25) is 0 Å². The highest BCUT2D eigenvalue weighted by Gasteiger charge is 2.37. The molecule has 0 bridgehead atoms. The van der Waals surface area contributed by atoms with Crippen LogP contribution in [0, 0.1) is 11.3 Å². The molecule has 0 aliphatic heterocycles. The predicted octanol–water partition coefficient (Wildman–Crippen LogP) is 4.17. The molecule has 2 N–H and O–H groups in total. The average molecular weight is 447 g/mol. The third kappa shape index (κ3) is 8.26. The van der Waals surface area contributed by atoms with Gasteiger partial charge in [0.15, 0.2) is 0 Å². The smallest absolute Gasteiger partial charge is 0.356 e. The number of carbonyl (C=O) groups excluding carboxylic acids is 3. The molecule has 0 saturated heterocycles. The van der Waals surface area contributed by atoms with E-state index in [1.165, 1.54) is 0 Å². The van der Waals surface area contributed by atoms with Crippen LogP contribution >= 0.6 is 0 Å². The molecule has 0 spiro atoms. The Bertz CT molecular complexity index is 738. The highest BCUT2D eigenvalue weighted by Crippen LogP contribution is 2.26. The molecule has 1 amide bonds. The zero-order valence-electron chi connectivity index (χ0n) is 19.8. The van der Waals surface area contributed by atoms with Gasteiger partial charge in [-0.15, -0.1) is 0 Å². The van der Waals surface area contributed by atoms with Gasteiger partial charge in [0.1, 0.15) is 12.1 Å². The molecule has 1 aliphatic carbocycles. The Morgan fingerprint density at radius 2 is 1.75 bits per heavy atom. The summed E-state index contributed by atoms with van der Waals surface area (Å²) in [5.74, 6) is -1.57. The van der Waals surface area contributed by atoms with E-state index in [1.807, 2.05) is 26.8 Å². The monoisotopic (exact) mass is 446 g/mol. The van der Waals surface area contributed by atoms with Crippen LogP contribution in [0.25, 0.3) is 0 Å². The van der Waals surface area contributed by atoms with Gasteiger partial charge in [0.2, 0.25) is 5.91 Å². The number of nitrogens with one attached hydrogen (secondary N) is 2. The lowest BCUT2D eigenvalue weighted by Gasteiger charge is -2.32. The van der Waals surface area contributed by atoms with Gasteiger partial charge in [-0.1, -0.05) is 58.7 Å². The number of benzene rings is 1. The Hall–Kier alpha value is -2.41. The van der Waals surface area contributed by atoms with Gasteiger partial charge in [0.25, 0.3) is 0 Å². The minimum absolute atomic E-state index is 0.0563. The summed E-state index contributed by atoms with van der Waals surface area (Å²) in [6, 6.07) is 7.91. The SMILES string of the molecule is CCCC[C@H](CNOC(=O)c1ccccc1)C(=O)N[C@H](C(=O)OC1CCCC1)C(C)(C)C. The van der Waals surface area contributed by atoms with Crippen molar-refractivity contribution in [3.05, 3.63) is 35.9 Å². The summed E-state index contributed by atoms with van der Waals surface area (Å²) in [5.41, 5.74) is 2.58. The molecular formula is C25H38N2O5. The van der Waals surface area contributed by atoms with Gasteiger partial charge in [-0.2, -0.15) is 5.48 Å². The van der Waals surface area contributed by atoms with E-state index in [0.717, 1.165) is 38.5 Å². The van der Waals surface area contributed by atoms with Gasteiger partial charge in [0, 0.05) is 6.54 Å². The Morgan fingerprint density at radius 3 is 2.34 bits per heavy atom. The van der Waals surface area contributed by atoms with Crippen molar-refractivity contribution in [2.24, 2.45) is 11.3 Å². The van der Waals surface area contributed by atoms with Gasteiger partial charge in [-0.25, -0.2) is 9.59 Å². The summed E-state index contributed by atoms with van der Waals surface area (Å²) in [6.45, 7) is 7.95. The maximum atomic E-state index is 13.1. The number of ether oxygens (including phenoxy) is 1. The lowest BCUT2D eigenvalue weighted by Crippen LogP contribution is -2.53. The molecule has 1 aliphatic rings.